The second kappa shape index (κ2) is 10.9. The van der Waals surface area contributed by atoms with E-state index in [1.54, 1.807) is 30.3 Å². The van der Waals surface area contributed by atoms with Crippen molar-refractivity contribution in [2.45, 2.75) is 24.8 Å². The van der Waals surface area contributed by atoms with Gasteiger partial charge in [-0.3, -0.25) is 9.52 Å². The lowest BCUT2D eigenvalue weighted by Crippen LogP contribution is -2.37. The van der Waals surface area contributed by atoms with Gasteiger partial charge in [0.05, 0.1) is 11.5 Å². The van der Waals surface area contributed by atoms with Crippen LogP contribution in [0.3, 0.4) is 0 Å². The average molecular weight is 428 g/mol. The predicted octanol–water partition coefficient (Wildman–Crippen LogP) is 2.65. The predicted molar refractivity (Wildman–Crippen MR) is 113 cm³/mol. The highest BCUT2D eigenvalue weighted by atomic mass is 35.5. The Bertz CT molecular complexity index is 873. The molecular formula is C19H26ClN3O4S. The molecule has 28 heavy (non-hydrogen) atoms. The summed E-state index contributed by atoms with van der Waals surface area (Å²) in [7, 11) is -1.95. The van der Waals surface area contributed by atoms with E-state index in [-0.39, 0.29) is 29.3 Å². The number of hydrogen-bond acceptors (Lipinski definition) is 5. The minimum Gasteiger partial charge on any atom is -0.494 e. The number of anilines is 1. The zero-order chi connectivity index (χ0) is 19.9. The van der Waals surface area contributed by atoms with Gasteiger partial charge in [-0.25, -0.2) is 8.42 Å². The Morgan fingerprint density at radius 1 is 1.14 bits per heavy atom. The van der Waals surface area contributed by atoms with Crippen LogP contribution in [0, 0.1) is 0 Å². The first-order valence-electron chi connectivity index (χ1n) is 8.67. The summed E-state index contributed by atoms with van der Waals surface area (Å²) in [6.45, 7) is 4.78. The van der Waals surface area contributed by atoms with Gasteiger partial charge in [-0.05, 0) is 63.4 Å². The van der Waals surface area contributed by atoms with Gasteiger partial charge in [0.2, 0.25) is 0 Å². The Labute approximate surface area is 172 Å². The molecule has 0 saturated carbocycles. The van der Waals surface area contributed by atoms with Gasteiger partial charge >= 0.3 is 0 Å². The number of carbonyl (C=O) groups excluding carboxylic acids is 1. The molecule has 0 aliphatic heterocycles. The van der Waals surface area contributed by atoms with Crippen molar-refractivity contribution in [1.82, 2.24) is 10.6 Å². The van der Waals surface area contributed by atoms with Crippen LogP contribution in [0.2, 0.25) is 0 Å². The van der Waals surface area contributed by atoms with Gasteiger partial charge in [-0.15, -0.1) is 12.4 Å². The van der Waals surface area contributed by atoms with Crippen molar-refractivity contribution >= 4 is 34.0 Å². The third-order valence-electron chi connectivity index (χ3n) is 3.88. The Morgan fingerprint density at radius 2 is 1.82 bits per heavy atom. The maximum absolute atomic E-state index is 12.5. The first-order valence-corrected chi connectivity index (χ1v) is 10.1. The first-order chi connectivity index (χ1) is 12.9. The van der Waals surface area contributed by atoms with E-state index in [4.69, 9.17) is 4.74 Å². The highest BCUT2D eigenvalue weighted by Gasteiger charge is 2.15. The van der Waals surface area contributed by atoms with E-state index in [0.29, 0.717) is 30.2 Å². The lowest BCUT2D eigenvalue weighted by molar-refractivity contribution is 0.0950. The second-order valence-corrected chi connectivity index (χ2v) is 7.67. The summed E-state index contributed by atoms with van der Waals surface area (Å²) in [5.41, 5.74) is 0.698. The number of hydrogen-bond donors (Lipinski definition) is 3. The number of nitrogens with one attached hydrogen (secondary N) is 3. The Kier molecular flexibility index (Phi) is 9.24. The maximum atomic E-state index is 12.5. The topological polar surface area (TPSA) is 96.5 Å². The van der Waals surface area contributed by atoms with Gasteiger partial charge in [-0.1, -0.05) is 6.07 Å². The number of sulfonamides is 1. The van der Waals surface area contributed by atoms with Crippen LogP contribution in [0.15, 0.2) is 53.4 Å². The molecule has 1 unspecified atom stereocenters. The van der Waals surface area contributed by atoms with Crippen LogP contribution in [0.25, 0.3) is 0 Å². The first kappa shape index (κ1) is 23.7. The molecule has 3 N–H and O–H groups in total. The van der Waals surface area contributed by atoms with E-state index in [1.165, 1.54) is 18.2 Å². The normalized spacial score (nSPS) is 11.8. The fraction of sp³-hybridized carbons (Fsp3) is 0.316. The quantitative estimate of drug-likeness (QED) is 0.571. The average Bonchev–Trinajstić information content (AvgIpc) is 2.66. The van der Waals surface area contributed by atoms with E-state index in [0.717, 1.165) is 0 Å². The summed E-state index contributed by atoms with van der Waals surface area (Å²) in [6.07, 6.45) is 0. The summed E-state index contributed by atoms with van der Waals surface area (Å²) in [5, 5.41) is 5.83. The highest BCUT2D eigenvalue weighted by molar-refractivity contribution is 7.92. The van der Waals surface area contributed by atoms with Crippen LogP contribution in [0.4, 0.5) is 5.69 Å². The van der Waals surface area contributed by atoms with Crippen LogP contribution >= 0.6 is 12.4 Å². The van der Waals surface area contributed by atoms with Crippen LogP contribution in [-0.2, 0) is 10.0 Å². The molecule has 2 aromatic rings. The molecule has 0 aliphatic rings. The summed E-state index contributed by atoms with van der Waals surface area (Å²) in [6, 6.07) is 12.7. The van der Waals surface area contributed by atoms with Crippen LogP contribution < -0.4 is 20.1 Å². The monoisotopic (exact) mass is 427 g/mol. The number of halogens is 1. The maximum Gasteiger partial charge on any atom is 0.261 e. The van der Waals surface area contributed by atoms with Gasteiger partial charge in [0, 0.05) is 23.8 Å². The third-order valence-corrected chi connectivity index (χ3v) is 5.28. The van der Waals surface area contributed by atoms with Gasteiger partial charge < -0.3 is 15.4 Å². The molecule has 0 bridgehead atoms. The summed E-state index contributed by atoms with van der Waals surface area (Å²) < 4.78 is 32.9. The molecule has 0 radical (unpaired) electrons. The number of benzene rings is 2. The lowest BCUT2D eigenvalue weighted by Gasteiger charge is -2.13. The number of amides is 1. The molecule has 2 rings (SSSR count). The van der Waals surface area contributed by atoms with Crippen molar-refractivity contribution in [3.8, 4) is 5.75 Å². The molecule has 9 heteroatoms. The molecule has 1 amide bonds. The number of carbonyl (C=O) groups is 1. The Balaban J connectivity index is 0.00000392. The van der Waals surface area contributed by atoms with Crippen molar-refractivity contribution in [3.05, 3.63) is 54.1 Å². The molecule has 1 atom stereocenters. The van der Waals surface area contributed by atoms with Crippen molar-refractivity contribution in [2.75, 3.05) is 24.9 Å². The molecule has 0 aromatic heterocycles. The van der Waals surface area contributed by atoms with Gasteiger partial charge in [0.1, 0.15) is 5.75 Å². The van der Waals surface area contributed by atoms with Crippen molar-refractivity contribution in [3.63, 3.8) is 0 Å². The van der Waals surface area contributed by atoms with E-state index in [9.17, 15) is 13.2 Å². The molecule has 0 fully saturated rings. The number of ether oxygens (including phenoxy) is 1. The zero-order valence-corrected chi connectivity index (χ0v) is 17.7. The number of likely N-dealkylation sites (N-methyl/N-ethyl adjacent to an activating group) is 1. The fourth-order valence-electron chi connectivity index (χ4n) is 2.27. The van der Waals surface area contributed by atoms with E-state index in [2.05, 4.69) is 15.4 Å². The largest absolute Gasteiger partial charge is 0.494 e. The zero-order valence-electron chi connectivity index (χ0n) is 16.1. The van der Waals surface area contributed by atoms with E-state index in [1.807, 2.05) is 20.9 Å². The van der Waals surface area contributed by atoms with Crippen LogP contribution in [0.1, 0.15) is 24.2 Å². The lowest BCUT2D eigenvalue weighted by atomic mass is 10.2. The van der Waals surface area contributed by atoms with Crippen molar-refractivity contribution in [1.29, 1.82) is 0 Å². The molecule has 2 aromatic carbocycles. The second-order valence-electron chi connectivity index (χ2n) is 5.99. The third kappa shape index (κ3) is 6.70. The minimum atomic E-state index is -3.76. The molecular weight excluding hydrogens is 402 g/mol. The summed E-state index contributed by atoms with van der Waals surface area (Å²) >= 11 is 0. The van der Waals surface area contributed by atoms with Crippen LogP contribution in [-0.4, -0.2) is 40.6 Å². The summed E-state index contributed by atoms with van der Waals surface area (Å²) in [4.78, 5) is 12.3. The Morgan fingerprint density at radius 3 is 2.43 bits per heavy atom. The molecule has 0 saturated heterocycles. The van der Waals surface area contributed by atoms with Gasteiger partial charge in [0.25, 0.3) is 15.9 Å². The fourth-order valence-corrected chi connectivity index (χ4v) is 3.32. The standard InChI is InChI=1S/C19H25N3O4S.ClH/c1-4-26-17-8-10-18(11-9-17)27(24,25)22-16-7-5-6-15(12-16)19(23)21-13-14(2)20-3;/h5-12,14,20,22H,4,13H2,1-3H3,(H,21,23);1H. The highest BCUT2D eigenvalue weighted by Crippen LogP contribution is 2.20. The van der Waals surface area contributed by atoms with Gasteiger partial charge in [-0.2, -0.15) is 0 Å². The van der Waals surface area contributed by atoms with Crippen molar-refractivity contribution < 1.29 is 17.9 Å². The number of rotatable bonds is 9. The Hall–Kier alpha value is -2.29. The molecule has 0 spiro atoms. The molecule has 0 heterocycles. The molecule has 0 aliphatic carbocycles. The van der Waals surface area contributed by atoms with Crippen LogP contribution in [0.5, 0.6) is 5.75 Å². The van der Waals surface area contributed by atoms with E-state index >= 15 is 0 Å². The molecule has 154 valence electrons. The SMILES string of the molecule is CCOc1ccc(S(=O)(=O)Nc2cccc(C(=O)NCC(C)NC)c2)cc1.Cl. The summed E-state index contributed by atoms with van der Waals surface area (Å²) in [5.74, 6) is 0.338. The van der Waals surface area contributed by atoms with Gasteiger partial charge in [0.15, 0.2) is 0 Å². The van der Waals surface area contributed by atoms with Crippen molar-refractivity contribution in [2.24, 2.45) is 0 Å². The smallest absolute Gasteiger partial charge is 0.261 e. The molecule has 7 nitrogen and oxygen atoms in total. The van der Waals surface area contributed by atoms with E-state index < -0.39 is 10.0 Å². The minimum absolute atomic E-state index is 0.